The molecule has 0 saturated carbocycles. The Hall–Kier alpha value is -5.35. The number of nitrogens with zero attached hydrogens (tertiary/aromatic N) is 2. The summed E-state index contributed by atoms with van der Waals surface area (Å²) in [7, 11) is 3.37. The van der Waals surface area contributed by atoms with Crippen molar-refractivity contribution in [1.29, 1.82) is 0 Å². The number of carbonyl (C=O) groups is 7. The van der Waals surface area contributed by atoms with Crippen LogP contribution >= 0.6 is 0 Å². The molecule has 4 aliphatic rings. The normalized spacial score (nSPS) is 22.2. The third kappa shape index (κ3) is 11.0. The zero-order chi connectivity index (χ0) is 47.1. The minimum Gasteiger partial charge on any atom is -0.347 e. The smallest absolute Gasteiger partial charge is 0.255 e. The molecule has 16 heteroatoms. The third-order valence-electron chi connectivity index (χ3n) is 13.9. The summed E-state index contributed by atoms with van der Waals surface area (Å²) in [5, 5.41) is 21.3. The predicted molar refractivity (Wildman–Crippen MR) is 249 cm³/mol. The van der Waals surface area contributed by atoms with E-state index >= 15 is 0 Å². The number of fused-ring (bicyclic) bond motifs is 2. The lowest BCUT2D eigenvalue weighted by Gasteiger charge is -2.33. The third-order valence-corrected chi connectivity index (χ3v) is 13.9. The van der Waals surface area contributed by atoms with Crippen LogP contribution in [0.1, 0.15) is 138 Å². The molecular weight excluding hydrogens is 827 g/mol. The van der Waals surface area contributed by atoms with Gasteiger partial charge in [-0.05, 0) is 138 Å². The fraction of sp³-hybridized carbons (Fsp3) is 0.612. The first kappa shape index (κ1) is 49.1. The zero-order valence-electron chi connectivity index (χ0n) is 39.5. The summed E-state index contributed by atoms with van der Waals surface area (Å²) in [4.78, 5) is 98.7. The first-order valence-electron chi connectivity index (χ1n) is 23.8. The van der Waals surface area contributed by atoms with E-state index in [-0.39, 0.29) is 65.3 Å². The highest BCUT2D eigenvalue weighted by molar-refractivity contribution is 6.06. The van der Waals surface area contributed by atoms with Gasteiger partial charge < -0.3 is 47.0 Å². The van der Waals surface area contributed by atoms with Crippen molar-refractivity contribution in [1.82, 2.24) is 41.7 Å². The summed E-state index contributed by atoms with van der Waals surface area (Å²) in [6.07, 6.45) is 6.74. The summed E-state index contributed by atoms with van der Waals surface area (Å²) in [6.45, 7) is 11.8. The summed E-state index contributed by atoms with van der Waals surface area (Å²) in [5.41, 5.74) is 4.86. The van der Waals surface area contributed by atoms with Crippen LogP contribution in [0.2, 0.25) is 0 Å². The zero-order valence-corrected chi connectivity index (χ0v) is 39.5. The Morgan fingerprint density at radius 1 is 0.569 bits per heavy atom. The van der Waals surface area contributed by atoms with Gasteiger partial charge in [0.25, 0.3) is 5.91 Å². The predicted octanol–water partition coefficient (Wildman–Crippen LogP) is 3.41. The highest BCUT2D eigenvalue weighted by atomic mass is 16.2. The molecule has 2 aliphatic carbocycles. The molecule has 2 aromatic rings. The molecule has 2 fully saturated rings. The van der Waals surface area contributed by atoms with Gasteiger partial charge in [0, 0.05) is 24.3 Å². The van der Waals surface area contributed by atoms with Gasteiger partial charge in [0.2, 0.25) is 35.4 Å². The number of nitrogens with one attached hydrogen (secondary N) is 7. The van der Waals surface area contributed by atoms with Gasteiger partial charge in [-0.15, -0.1) is 0 Å². The summed E-state index contributed by atoms with van der Waals surface area (Å²) >= 11 is 0. The molecule has 2 aliphatic heterocycles. The van der Waals surface area contributed by atoms with Crippen molar-refractivity contribution in [2.75, 3.05) is 32.5 Å². The van der Waals surface area contributed by atoms with Crippen molar-refractivity contribution >= 4 is 47.0 Å². The molecule has 7 amide bonds. The Kier molecular flexibility index (Phi) is 16.4. The summed E-state index contributed by atoms with van der Waals surface area (Å²) in [5.74, 6) is -2.15. The molecule has 2 aromatic carbocycles. The van der Waals surface area contributed by atoms with Gasteiger partial charge in [-0.25, -0.2) is 0 Å². The number of likely N-dealkylation sites (N-methyl/N-ethyl adjacent to an activating group) is 2. The Balaban J connectivity index is 1.13. The molecule has 16 nitrogen and oxygen atoms in total. The number of hydrogen-bond acceptors (Lipinski definition) is 9. The lowest BCUT2D eigenvalue weighted by atomic mass is 9.84. The Morgan fingerprint density at radius 3 is 1.48 bits per heavy atom. The number of carbonyl (C=O) groups excluding carboxylic acids is 7. The van der Waals surface area contributed by atoms with E-state index < -0.39 is 36.3 Å². The van der Waals surface area contributed by atoms with Crippen LogP contribution in [0.25, 0.3) is 0 Å². The number of amides is 7. The molecular formula is C49H71N9O7. The van der Waals surface area contributed by atoms with Crippen molar-refractivity contribution in [3.63, 3.8) is 0 Å². The average Bonchev–Trinajstić information content (AvgIpc) is 4.00. The van der Waals surface area contributed by atoms with Crippen LogP contribution in [-0.4, -0.2) is 115 Å². The van der Waals surface area contributed by atoms with E-state index in [1.807, 2.05) is 64.1 Å². The fourth-order valence-corrected chi connectivity index (χ4v) is 9.86. The minimum atomic E-state index is -0.763. The quantitative estimate of drug-likeness (QED) is 0.132. The Bertz CT molecular complexity index is 2110. The van der Waals surface area contributed by atoms with Gasteiger partial charge >= 0.3 is 0 Å². The van der Waals surface area contributed by atoms with Gasteiger partial charge in [0.1, 0.15) is 24.2 Å². The van der Waals surface area contributed by atoms with Crippen LogP contribution in [0.15, 0.2) is 36.4 Å². The monoisotopic (exact) mass is 898 g/mol. The number of hydrogen-bond donors (Lipinski definition) is 7. The van der Waals surface area contributed by atoms with Crippen molar-refractivity contribution < 1.29 is 33.6 Å². The molecule has 7 N–H and O–H groups in total. The van der Waals surface area contributed by atoms with E-state index in [1.165, 1.54) is 0 Å². The van der Waals surface area contributed by atoms with Crippen molar-refractivity contribution in [2.45, 2.75) is 154 Å². The summed E-state index contributed by atoms with van der Waals surface area (Å²) in [6, 6.07) is 6.93. The largest absolute Gasteiger partial charge is 0.347 e. The SMILES string of the molecule is CN[C@@H](C)C(=O)NC(C(=O)N1CCC[C@H]1C(=O)N[C@@H]1CCCc2c(C(=O)Nc3cccc4c3CCC[C@H]4NC(=O)[C@@H]3CCCN3C(=O)[C@@H](NC(=O)[C@H](C)NC)C(C)C)cccc21)C(C)C. The van der Waals surface area contributed by atoms with Crippen LogP contribution in [0.5, 0.6) is 0 Å². The number of likely N-dealkylation sites (tertiary alicyclic amines) is 2. The maximum atomic E-state index is 14.2. The van der Waals surface area contributed by atoms with Gasteiger partial charge in [0.05, 0.1) is 24.2 Å². The molecule has 0 spiro atoms. The Labute approximate surface area is 383 Å². The minimum absolute atomic E-state index is 0.173. The molecule has 1 unspecified atom stereocenters. The fourth-order valence-electron chi connectivity index (χ4n) is 9.86. The van der Waals surface area contributed by atoms with E-state index in [4.69, 9.17) is 0 Å². The standard InChI is InChI=1S/C49H71N9O7/c1-27(2)41(55-43(59)29(5)50-7)48(64)57-25-13-23-39(57)46(62)53-36-20-10-15-31-32(36)16-9-19-35(31)45(61)52-37-21-11-18-34-33(37)17-12-22-38(34)54-47(63)40-24-14-26-58(40)49(65)42(28(3)4)56-44(60)30(6)51-8/h9,11,16,18-19,21,27-30,36,38-42,50-51H,10,12-15,17,20,22-26H2,1-8H3,(H,52,61)(H,53,62)(H,54,63)(H,55,59)(H,56,60)/t29-,30-,36+,38+,39-,40-,41?,42-/m0/s1. The number of rotatable bonds is 16. The van der Waals surface area contributed by atoms with E-state index in [0.717, 1.165) is 35.1 Å². The van der Waals surface area contributed by atoms with Crippen molar-refractivity contribution in [2.24, 2.45) is 11.8 Å². The molecule has 65 heavy (non-hydrogen) atoms. The van der Waals surface area contributed by atoms with Crippen LogP contribution in [0.4, 0.5) is 5.69 Å². The van der Waals surface area contributed by atoms with Crippen LogP contribution in [-0.2, 0) is 41.6 Å². The highest BCUT2D eigenvalue weighted by Crippen LogP contribution is 2.37. The van der Waals surface area contributed by atoms with Crippen molar-refractivity contribution in [3.8, 4) is 0 Å². The first-order chi connectivity index (χ1) is 31.1. The molecule has 354 valence electrons. The molecule has 2 heterocycles. The topological polar surface area (TPSA) is 210 Å². The second kappa shape index (κ2) is 21.8. The highest BCUT2D eigenvalue weighted by Gasteiger charge is 2.42. The molecule has 0 aromatic heterocycles. The molecule has 2 saturated heterocycles. The maximum absolute atomic E-state index is 14.2. The van der Waals surface area contributed by atoms with Crippen molar-refractivity contribution in [3.05, 3.63) is 64.2 Å². The van der Waals surface area contributed by atoms with E-state index in [1.54, 1.807) is 37.7 Å². The van der Waals surface area contributed by atoms with E-state index in [2.05, 4.69) is 37.2 Å². The lowest BCUT2D eigenvalue weighted by molar-refractivity contribution is -0.142. The number of benzene rings is 2. The van der Waals surface area contributed by atoms with Gasteiger partial charge in [0.15, 0.2) is 0 Å². The van der Waals surface area contributed by atoms with Gasteiger partial charge in [-0.2, -0.15) is 0 Å². The van der Waals surface area contributed by atoms with Gasteiger partial charge in [-0.1, -0.05) is 52.0 Å². The number of anilines is 1. The van der Waals surface area contributed by atoms with Crippen LogP contribution in [0.3, 0.4) is 0 Å². The molecule has 0 bridgehead atoms. The van der Waals surface area contributed by atoms with E-state index in [9.17, 15) is 33.6 Å². The van der Waals surface area contributed by atoms with Crippen LogP contribution < -0.4 is 37.2 Å². The Morgan fingerprint density at radius 2 is 1.02 bits per heavy atom. The van der Waals surface area contributed by atoms with Gasteiger partial charge in [-0.3, -0.25) is 33.6 Å². The second-order valence-corrected chi connectivity index (χ2v) is 19.0. The average molecular weight is 898 g/mol. The van der Waals surface area contributed by atoms with E-state index in [0.29, 0.717) is 75.7 Å². The lowest BCUT2D eigenvalue weighted by Crippen LogP contribution is -2.57. The first-order valence-corrected chi connectivity index (χ1v) is 23.8. The maximum Gasteiger partial charge on any atom is 0.255 e. The summed E-state index contributed by atoms with van der Waals surface area (Å²) < 4.78 is 0. The molecule has 6 rings (SSSR count). The molecule has 0 radical (unpaired) electrons. The van der Waals surface area contributed by atoms with Crippen LogP contribution in [0, 0.1) is 11.8 Å². The molecule has 8 atom stereocenters. The second-order valence-electron chi connectivity index (χ2n) is 19.0.